The number of ether oxygens (including phenoxy) is 2. The highest BCUT2D eigenvalue weighted by Gasteiger charge is 2.15. The van der Waals surface area contributed by atoms with Gasteiger partial charge in [-0.25, -0.2) is 0 Å². The summed E-state index contributed by atoms with van der Waals surface area (Å²) in [6.45, 7) is 9.80. The van der Waals surface area contributed by atoms with Crippen molar-refractivity contribution in [2.75, 3.05) is 18.5 Å². The summed E-state index contributed by atoms with van der Waals surface area (Å²) in [5.74, 6) is 1.48. The Morgan fingerprint density at radius 2 is 1.69 bits per heavy atom. The molecule has 0 spiro atoms. The Bertz CT molecular complexity index is 799. The van der Waals surface area contributed by atoms with Crippen LogP contribution in [0.3, 0.4) is 0 Å². The number of para-hydroxylation sites is 2. The second-order valence-corrected chi connectivity index (χ2v) is 8.95. The van der Waals surface area contributed by atoms with Crippen LogP contribution >= 0.6 is 15.9 Å². The van der Waals surface area contributed by atoms with Crippen LogP contribution in [0.4, 0.5) is 5.69 Å². The fourth-order valence-electron chi connectivity index (χ4n) is 2.73. The van der Waals surface area contributed by atoms with Gasteiger partial charge < -0.3 is 14.8 Å². The zero-order chi connectivity index (χ0) is 21.3. The van der Waals surface area contributed by atoms with E-state index in [4.69, 9.17) is 9.47 Å². The molecule has 0 aliphatic carbocycles. The predicted molar refractivity (Wildman–Crippen MR) is 123 cm³/mol. The van der Waals surface area contributed by atoms with E-state index in [1.165, 1.54) is 5.56 Å². The molecule has 2 aromatic carbocycles. The number of amides is 1. The highest BCUT2D eigenvalue weighted by atomic mass is 79.9. The topological polar surface area (TPSA) is 47.6 Å². The quantitative estimate of drug-likeness (QED) is 0.399. The number of nitrogens with one attached hydrogen (secondary N) is 1. The molecule has 4 nitrogen and oxygen atoms in total. The van der Waals surface area contributed by atoms with Gasteiger partial charge in [-0.1, -0.05) is 52.3 Å². The monoisotopic (exact) mass is 461 g/mol. The van der Waals surface area contributed by atoms with Gasteiger partial charge in [0.2, 0.25) is 5.91 Å². The molecule has 0 saturated heterocycles. The summed E-state index contributed by atoms with van der Waals surface area (Å²) in [6, 6.07) is 13.7. The largest absolute Gasteiger partial charge is 0.492 e. The molecule has 0 unspecified atom stereocenters. The molecule has 0 heterocycles. The first-order valence-corrected chi connectivity index (χ1v) is 11.0. The molecule has 1 N–H and O–H groups in total. The molecule has 1 amide bonds. The third kappa shape index (κ3) is 7.73. The summed E-state index contributed by atoms with van der Waals surface area (Å²) < 4.78 is 12.5. The molecule has 0 fully saturated rings. The van der Waals surface area contributed by atoms with Crippen molar-refractivity contribution in [2.24, 2.45) is 0 Å². The van der Waals surface area contributed by atoms with Crippen LogP contribution in [0.1, 0.15) is 58.9 Å². The Morgan fingerprint density at radius 3 is 2.38 bits per heavy atom. The number of hydrogen-bond donors (Lipinski definition) is 1. The lowest BCUT2D eigenvalue weighted by molar-refractivity contribution is -0.116. The summed E-state index contributed by atoms with van der Waals surface area (Å²) in [6.07, 6.45) is 3.09. The SMILES string of the molecule is CCCCOc1ccccc1NC(=O)CCCOc1ccc(C(C)(C)C)cc1Br. The first-order valence-electron chi connectivity index (χ1n) is 10.3. The van der Waals surface area contributed by atoms with Gasteiger partial charge in [0.1, 0.15) is 11.5 Å². The van der Waals surface area contributed by atoms with Crippen molar-refractivity contribution < 1.29 is 14.3 Å². The van der Waals surface area contributed by atoms with Gasteiger partial charge in [0.15, 0.2) is 0 Å². The van der Waals surface area contributed by atoms with Crippen LogP contribution in [-0.2, 0) is 10.2 Å². The summed E-state index contributed by atoms with van der Waals surface area (Å²) in [4.78, 5) is 12.3. The lowest BCUT2D eigenvalue weighted by Crippen LogP contribution is -2.14. The second kappa shape index (κ2) is 11.2. The smallest absolute Gasteiger partial charge is 0.224 e. The fraction of sp³-hybridized carbons (Fsp3) is 0.458. The maximum Gasteiger partial charge on any atom is 0.224 e. The molecule has 158 valence electrons. The molecule has 2 rings (SSSR count). The van der Waals surface area contributed by atoms with E-state index >= 15 is 0 Å². The van der Waals surface area contributed by atoms with Crippen molar-refractivity contribution in [1.29, 1.82) is 0 Å². The summed E-state index contributed by atoms with van der Waals surface area (Å²) >= 11 is 3.58. The lowest BCUT2D eigenvalue weighted by Gasteiger charge is -2.20. The van der Waals surface area contributed by atoms with Crippen molar-refractivity contribution >= 4 is 27.5 Å². The Hall–Kier alpha value is -2.01. The normalized spacial score (nSPS) is 11.2. The highest BCUT2D eigenvalue weighted by molar-refractivity contribution is 9.10. The van der Waals surface area contributed by atoms with Gasteiger partial charge in [-0.05, 0) is 64.0 Å². The van der Waals surface area contributed by atoms with E-state index in [-0.39, 0.29) is 11.3 Å². The molecule has 0 aromatic heterocycles. The molecule has 0 aliphatic heterocycles. The van der Waals surface area contributed by atoms with Gasteiger partial charge in [0.05, 0.1) is 23.4 Å². The standard InChI is InChI=1S/C24H32BrNO3/c1-5-6-15-29-22-11-8-7-10-20(22)26-23(27)12-9-16-28-21-14-13-18(17-19(21)25)24(2,3)4/h7-8,10-11,13-14,17H,5-6,9,12,15-16H2,1-4H3,(H,26,27). The highest BCUT2D eigenvalue weighted by Crippen LogP contribution is 2.31. The van der Waals surface area contributed by atoms with Crippen molar-refractivity contribution in [1.82, 2.24) is 0 Å². The number of carbonyl (C=O) groups is 1. The van der Waals surface area contributed by atoms with Crippen molar-refractivity contribution in [3.8, 4) is 11.5 Å². The molecular formula is C24H32BrNO3. The van der Waals surface area contributed by atoms with Gasteiger partial charge >= 0.3 is 0 Å². The average molecular weight is 462 g/mol. The second-order valence-electron chi connectivity index (χ2n) is 8.09. The van der Waals surface area contributed by atoms with E-state index in [9.17, 15) is 4.79 Å². The molecule has 0 aliphatic rings. The van der Waals surface area contributed by atoms with E-state index in [1.807, 2.05) is 30.3 Å². The van der Waals surface area contributed by atoms with E-state index in [0.29, 0.717) is 31.8 Å². The molecule has 0 bridgehead atoms. The van der Waals surface area contributed by atoms with Crippen LogP contribution in [-0.4, -0.2) is 19.1 Å². The number of benzene rings is 2. The van der Waals surface area contributed by atoms with Gasteiger partial charge in [0.25, 0.3) is 0 Å². The van der Waals surface area contributed by atoms with Crippen LogP contribution < -0.4 is 14.8 Å². The molecule has 2 aromatic rings. The molecule has 0 saturated carbocycles. The van der Waals surface area contributed by atoms with Crippen molar-refractivity contribution in [3.63, 3.8) is 0 Å². The Balaban J connectivity index is 1.79. The van der Waals surface area contributed by atoms with Gasteiger partial charge in [-0.3, -0.25) is 4.79 Å². The van der Waals surface area contributed by atoms with Crippen LogP contribution in [0.2, 0.25) is 0 Å². The number of rotatable bonds is 10. The third-order valence-electron chi connectivity index (χ3n) is 4.52. The zero-order valence-electron chi connectivity index (χ0n) is 17.9. The Morgan fingerprint density at radius 1 is 1.00 bits per heavy atom. The van der Waals surface area contributed by atoms with Crippen LogP contribution in [0.5, 0.6) is 11.5 Å². The number of hydrogen-bond acceptors (Lipinski definition) is 3. The van der Waals surface area contributed by atoms with E-state index in [2.05, 4.69) is 61.1 Å². The van der Waals surface area contributed by atoms with Crippen molar-refractivity contribution in [2.45, 2.75) is 58.8 Å². The van der Waals surface area contributed by atoms with E-state index < -0.39 is 0 Å². The Kier molecular flexibility index (Phi) is 9.02. The van der Waals surface area contributed by atoms with Gasteiger partial charge in [-0.2, -0.15) is 0 Å². The molecule has 0 atom stereocenters. The summed E-state index contributed by atoms with van der Waals surface area (Å²) in [5, 5.41) is 2.94. The maximum atomic E-state index is 12.3. The lowest BCUT2D eigenvalue weighted by atomic mass is 9.87. The zero-order valence-corrected chi connectivity index (χ0v) is 19.5. The summed E-state index contributed by atoms with van der Waals surface area (Å²) in [7, 11) is 0. The first-order chi connectivity index (χ1) is 13.8. The van der Waals surface area contributed by atoms with E-state index in [1.54, 1.807) is 0 Å². The van der Waals surface area contributed by atoms with Crippen LogP contribution in [0.15, 0.2) is 46.9 Å². The molecule has 5 heteroatoms. The molecular weight excluding hydrogens is 430 g/mol. The molecule has 29 heavy (non-hydrogen) atoms. The minimum Gasteiger partial charge on any atom is -0.492 e. The van der Waals surface area contributed by atoms with Crippen molar-refractivity contribution in [3.05, 3.63) is 52.5 Å². The third-order valence-corrected chi connectivity index (χ3v) is 5.14. The summed E-state index contributed by atoms with van der Waals surface area (Å²) in [5.41, 5.74) is 2.06. The number of carbonyl (C=O) groups excluding carboxylic acids is 1. The first kappa shape index (κ1) is 23.3. The number of halogens is 1. The fourth-order valence-corrected chi connectivity index (χ4v) is 3.23. The minimum absolute atomic E-state index is 0.0395. The number of anilines is 1. The average Bonchev–Trinajstić information content (AvgIpc) is 2.67. The maximum absolute atomic E-state index is 12.3. The van der Waals surface area contributed by atoms with Gasteiger partial charge in [-0.15, -0.1) is 0 Å². The van der Waals surface area contributed by atoms with Crippen LogP contribution in [0.25, 0.3) is 0 Å². The van der Waals surface area contributed by atoms with E-state index in [0.717, 1.165) is 28.8 Å². The number of unbranched alkanes of at least 4 members (excludes halogenated alkanes) is 1. The predicted octanol–water partition coefficient (Wildman–Crippen LogP) is 6.72. The van der Waals surface area contributed by atoms with Gasteiger partial charge in [0, 0.05) is 6.42 Å². The molecule has 0 radical (unpaired) electrons. The van der Waals surface area contributed by atoms with Crippen LogP contribution in [0, 0.1) is 0 Å². The Labute approximate surface area is 183 Å². The minimum atomic E-state index is -0.0395.